The Bertz CT molecular complexity index is 599. The zero-order chi connectivity index (χ0) is 14.7. The second-order valence-corrected chi connectivity index (χ2v) is 5.53. The van der Waals surface area contributed by atoms with Crippen molar-refractivity contribution in [2.45, 2.75) is 31.4 Å². The number of benzene rings is 1. The third-order valence-electron chi connectivity index (χ3n) is 3.81. The first-order valence-electron chi connectivity index (χ1n) is 7.32. The average molecular weight is 286 g/mol. The van der Waals surface area contributed by atoms with Crippen LogP contribution in [0.3, 0.4) is 0 Å². The van der Waals surface area contributed by atoms with E-state index < -0.39 is 6.10 Å². The summed E-state index contributed by atoms with van der Waals surface area (Å²) in [6.45, 7) is 0.751. The van der Waals surface area contributed by atoms with Crippen molar-refractivity contribution in [1.29, 1.82) is 0 Å². The molecule has 1 aromatic heterocycles. The number of aliphatic hydroxyl groups excluding tert-OH is 1. The molecule has 0 bridgehead atoms. The molecule has 1 heterocycles. The van der Waals surface area contributed by atoms with E-state index in [2.05, 4.69) is 10.3 Å². The minimum atomic E-state index is -0.681. The fourth-order valence-corrected chi connectivity index (χ4v) is 2.40. The number of hydrogen-bond acceptors (Lipinski definition) is 3. The van der Waals surface area contributed by atoms with Gasteiger partial charge in [-0.15, -0.1) is 0 Å². The summed E-state index contributed by atoms with van der Waals surface area (Å²) >= 11 is 0. The van der Waals surface area contributed by atoms with Gasteiger partial charge in [-0.05, 0) is 42.5 Å². The largest absolute Gasteiger partial charge is 0.385 e. The van der Waals surface area contributed by atoms with Crippen LogP contribution in [0.2, 0.25) is 0 Å². The standard InChI is InChI=1S/C17H19FN2O/c18-15-9-13(12-4-5-12)6-7-14(15)10-19-11-17(21)16-3-1-2-8-20-16/h1-3,6-9,12,17,19,21H,4-5,10-11H2/t17-/m0/s1. The molecular formula is C17H19FN2O. The zero-order valence-electron chi connectivity index (χ0n) is 11.8. The predicted octanol–water partition coefficient (Wildman–Crippen LogP) is 2.92. The van der Waals surface area contributed by atoms with Gasteiger partial charge in [-0.1, -0.05) is 18.2 Å². The lowest BCUT2D eigenvalue weighted by molar-refractivity contribution is 0.169. The quantitative estimate of drug-likeness (QED) is 0.858. The molecule has 0 unspecified atom stereocenters. The summed E-state index contributed by atoms with van der Waals surface area (Å²) in [5.41, 5.74) is 2.35. The minimum Gasteiger partial charge on any atom is -0.385 e. The van der Waals surface area contributed by atoms with Crippen LogP contribution in [-0.4, -0.2) is 16.6 Å². The Kier molecular flexibility index (Phi) is 4.27. The molecule has 0 saturated heterocycles. The van der Waals surface area contributed by atoms with Crippen molar-refractivity contribution >= 4 is 0 Å². The zero-order valence-corrected chi connectivity index (χ0v) is 11.8. The number of nitrogens with zero attached hydrogens (tertiary/aromatic N) is 1. The van der Waals surface area contributed by atoms with Crippen molar-refractivity contribution < 1.29 is 9.50 Å². The van der Waals surface area contributed by atoms with Gasteiger partial charge in [-0.25, -0.2) is 4.39 Å². The maximum atomic E-state index is 14.0. The Morgan fingerprint density at radius 2 is 2.14 bits per heavy atom. The van der Waals surface area contributed by atoms with Gasteiger partial charge < -0.3 is 10.4 Å². The molecule has 3 nitrogen and oxygen atoms in total. The fraction of sp³-hybridized carbons (Fsp3) is 0.353. The Balaban J connectivity index is 1.53. The number of aliphatic hydroxyl groups is 1. The van der Waals surface area contributed by atoms with Crippen LogP contribution in [0.5, 0.6) is 0 Å². The van der Waals surface area contributed by atoms with Crippen LogP contribution in [0.4, 0.5) is 4.39 Å². The van der Waals surface area contributed by atoms with Crippen molar-refractivity contribution in [3.05, 3.63) is 65.2 Å². The van der Waals surface area contributed by atoms with Gasteiger partial charge in [0.1, 0.15) is 11.9 Å². The van der Waals surface area contributed by atoms with Gasteiger partial charge >= 0.3 is 0 Å². The Labute approximate surface area is 123 Å². The number of rotatable bonds is 6. The highest BCUT2D eigenvalue weighted by atomic mass is 19.1. The maximum absolute atomic E-state index is 14.0. The van der Waals surface area contributed by atoms with Crippen molar-refractivity contribution in [3.63, 3.8) is 0 Å². The summed E-state index contributed by atoms with van der Waals surface area (Å²) in [5.74, 6) is 0.395. The third kappa shape index (κ3) is 3.65. The SMILES string of the molecule is O[C@@H](CNCc1ccc(C2CC2)cc1F)c1ccccn1. The smallest absolute Gasteiger partial charge is 0.127 e. The van der Waals surface area contributed by atoms with E-state index in [4.69, 9.17) is 0 Å². The van der Waals surface area contributed by atoms with Gasteiger partial charge in [-0.3, -0.25) is 4.98 Å². The van der Waals surface area contributed by atoms with E-state index in [1.807, 2.05) is 18.2 Å². The molecular weight excluding hydrogens is 267 g/mol. The van der Waals surface area contributed by atoms with E-state index in [0.29, 0.717) is 30.3 Å². The number of hydrogen-bond donors (Lipinski definition) is 2. The first-order valence-corrected chi connectivity index (χ1v) is 7.32. The van der Waals surface area contributed by atoms with E-state index in [9.17, 15) is 9.50 Å². The van der Waals surface area contributed by atoms with E-state index in [1.54, 1.807) is 24.4 Å². The normalized spacial score (nSPS) is 15.9. The van der Waals surface area contributed by atoms with Crippen LogP contribution < -0.4 is 5.32 Å². The lowest BCUT2D eigenvalue weighted by atomic mass is 10.1. The molecule has 2 aromatic rings. The molecule has 1 aliphatic carbocycles. The second-order valence-electron chi connectivity index (χ2n) is 5.53. The van der Waals surface area contributed by atoms with Crippen molar-refractivity contribution in [3.8, 4) is 0 Å². The predicted molar refractivity (Wildman–Crippen MR) is 79.3 cm³/mol. The number of aromatic nitrogens is 1. The average Bonchev–Trinajstić information content (AvgIpc) is 3.34. The summed E-state index contributed by atoms with van der Waals surface area (Å²) in [5, 5.41) is 13.0. The summed E-state index contributed by atoms with van der Waals surface area (Å²) < 4.78 is 14.0. The monoisotopic (exact) mass is 286 g/mol. The van der Waals surface area contributed by atoms with E-state index in [-0.39, 0.29) is 5.82 Å². The molecule has 0 spiro atoms. The fourth-order valence-electron chi connectivity index (χ4n) is 2.40. The molecule has 1 atom stereocenters. The summed E-state index contributed by atoms with van der Waals surface area (Å²) in [4.78, 5) is 4.10. The van der Waals surface area contributed by atoms with Crippen LogP contribution in [0, 0.1) is 5.82 Å². The Morgan fingerprint density at radius 1 is 1.29 bits per heavy atom. The number of pyridine rings is 1. The number of halogens is 1. The minimum absolute atomic E-state index is 0.167. The molecule has 4 heteroatoms. The van der Waals surface area contributed by atoms with Gasteiger partial charge in [0.2, 0.25) is 0 Å². The van der Waals surface area contributed by atoms with Crippen LogP contribution in [-0.2, 0) is 6.54 Å². The topological polar surface area (TPSA) is 45.1 Å². The number of nitrogens with one attached hydrogen (secondary N) is 1. The lowest BCUT2D eigenvalue weighted by Gasteiger charge is -2.12. The van der Waals surface area contributed by atoms with Gasteiger partial charge in [0, 0.05) is 24.8 Å². The molecule has 1 aliphatic rings. The van der Waals surface area contributed by atoms with Crippen LogP contribution >= 0.6 is 0 Å². The second kappa shape index (κ2) is 6.33. The molecule has 21 heavy (non-hydrogen) atoms. The highest BCUT2D eigenvalue weighted by Crippen LogP contribution is 2.40. The molecule has 0 aliphatic heterocycles. The summed E-state index contributed by atoms with van der Waals surface area (Å²) in [6, 6.07) is 10.9. The van der Waals surface area contributed by atoms with Crippen molar-refractivity contribution in [2.75, 3.05) is 6.54 Å². The molecule has 0 amide bonds. The van der Waals surface area contributed by atoms with Gasteiger partial charge in [0.05, 0.1) is 5.69 Å². The van der Waals surface area contributed by atoms with Gasteiger partial charge in [-0.2, -0.15) is 0 Å². The molecule has 110 valence electrons. The molecule has 1 saturated carbocycles. The van der Waals surface area contributed by atoms with Crippen molar-refractivity contribution in [1.82, 2.24) is 10.3 Å². The summed E-state index contributed by atoms with van der Waals surface area (Å²) in [7, 11) is 0. The highest BCUT2D eigenvalue weighted by Gasteiger charge is 2.24. The molecule has 3 rings (SSSR count). The van der Waals surface area contributed by atoms with Gasteiger partial charge in [0.15, 0.2) is 0 Å². The third-order valence-corrected chi connectivity index (χ3v) is 3.81. The van der Waals surface area contributed by atoms with E-state index in [1.165, 1.54) is 12.8 Å². The van der Waals surface area contributed by atoms with E-state index >= 15 is 0 Å². The first kappa shape index (κ1) is 14.2. The maximum Gasteiger partial charge on any atom is 0.127 e. The van der Waals surface area contributed by atoms with Crippen LogP contribution in [0.25, 0.3) is 0 Å². The lowest BCUT2D eigenvalue weighted by Crippen LogP contribution is -2.22. The highest BCUT2D eigenvalue weighted by molar-refractivity contribution is 5.29. The van der Waals surface area contributed by atoms with Crippen molar-refractivity contribution in [2.24, 2.45) is 0 Å². The Hall–Kier alpha value is -1.78. The van der Waals surface area contributed by atoms with Crippen LogP contribution in [0.15, 0.2) is 42.6 Å². The van der Waals surface area contributed by atoms with Gasteiger partial charge in [0.25, 0.3) is 0 Å². The van der Waals surface area contributed by atoms with E-state index in [0.717, 1.165) is 5.56 Å². The molecule has 0 radical (unpaired) electrons. The molecule has 2 N–H and O–H groups in total. The Morgan fingerprint density at radius 3 is 2.81 bits per heavy atom. The molecule has 1 fully saturated rings. The summed E-state index contributed by atoms with van der Waals surface area (Å²) in [6.07, 6.45) is 3.31. The first-order chi connectivity index (χ1) is 10.2. The van der Waals surface area contributed by atoms with Crippen LogP contribution in [0.1, 0.15) is 41.7 Å². The molecule has 1 aromatic carbocycles.